The molecule has 0 spiro atoms. The molecule has 1 aromatic heterocycles. The molecule has 5 heteroatoms. The number of benzene rings is 1. The third kappa shape index (κ3) is 8.07. The van der Waals surface area contributed by atoms with Crippen LogP contribution in [0.5, 0.6) is 0 Å². The highest BCUT2D eigenvalue weighted by atomic mass is 32.2. The molecule has 0 atom stereocenters. The molecule has 29 heavy (non-hydrogen) atoms. The first kappa shape index (κ1) is 22.3. The number of aromatic nitrogens is 2. The summed E-state index contributed by atoms with van der Waals surface area (Å²) in [5, 5.41) is 0.956. The standard InChI is InChI=1S/C24H36N4S/c1-3-4-5-9-17-29-24-25-21(2)18-23(26-24)20-28-14-10-13-27(15-16-28)19-22-11-7-6-8-12-22/h6-8,11-12,18H,3-5,9-10,13-17,19-20H2,1-2H3. The van der Waals surface area contributed by atoms with E-state index in [1.807, 2.05) is 11.8 Å². The summed E-state index contributed by atoms with van der Waals surface area (Å²) in [6.45, 7) is 10.9. The molecule has 2 aromatic rings. The van der Waals surface area contributed by atoms with E-state index < -0.39 is 0 Å². The molecule has 1 aliphatic rings. The summed E-state index contributed by atoms with van der Waals surface area (Å²) in [6.07, 6.45) is 6.41. The molecular weight excluding hydrogens is 376 g/mol. The molecule has 3 rings (SSSR count). The van der Waals surface area contributed by atoms with Gasteiger partial charge in [-0.1, -0.05) is 68.3 Å². The first-order valence-corrected chi connectivity index (χ1v) is 12.2. The summed E-state index contributed by atoms with van der Waals surface area (Å²) in [5.74, 6) is 1.13. The monoisotopic (exact) mass is 412 g/mol. The van der Waals surface area contributed by atoms with Gasteiger partial charge in [-0.2, -0.15) is 0 Å². The number of rotatable bonds is 10. The van der Waals surface area contributed by atoms with Crippen LogP contribution in [0.15, 0.2) is 41.6 Å². The highest BCUT2D eigenvalue weighted by Gasteiger charge is 2.16. The maximum Gasteiger partial charge on any atom is 0.188 e. The predicted molar refractivity (Wildman–Crippen MR) is 123 cm³/mol. The normalized spacial score (nSPS) is 16.1. The minimum Gasteiger partial charge on any atom is -0.298 e. The van der Waals surface area contributed by atoms with Gasteiger partial charge in [0.2, 0.25) is 0 Å². The average Bonchev–Trinajstić information content (AvgIpc) is 2.93. The number of nitrogens with zero attached hydrogens (tertiary/aromatic N) is 4. The zero-order chi connectivity index (χ0) is 20.3. The molecule has 2 heterocycles. The van der Waals surface area contributed by atoms with Gasteiger partial charge in [0.15, 0.2) is 5.16 Å². The first-order valence-electron chi connectivity index (χ1n) is 11.2. The van der Waals surface area contributed by atoms with Gasteiger partial charge < -0.3 is 0 Å². The van der Waals surface area contributed by atoms with Crippen molar-refractivity contribution in [1.82, 2.24) is 19.8 Å². The zero-order valence-corrected chi connectivity index (χ0v) is 19.0. The fourth-order valence-corrected chi connectivity index (χ4v) is 4.77. The van der Waals surface area contributed by atoms with E-state index in [4.69, 9.17) is 4.98 Å². The van der Waals surface area contributed by atoms with E-state index in [0.29, 0.717) is 0 Å². The van der Waals surface area contributed by atoms with Gasteiger partial charge in [0.25, 0.3) is 0 Å². The van der Waals surface area contributed by atoms with E-state index in [1.54, 1.807) is 0 Å². The fourth-order valence-electron chi connectivity index (χ4n) is 3.85. The van der Waals surface area contributed by atoms with Gasteiger partial charge in [-0.15, -0.1) is 0 Å². The highest BCUT2D eigenvalue weighted by Crippen LogP contribution is 2.18. The van der Waals surface area contributed by atoms with E-state index in [1.165, 1.54) is 49.9 Å². The highest BCUT2D eigenvalue weighted by molar-refractivity contribution is 7.99. The van der Waals surface area contributed by atoms with Gasteiger partial charge in [-0.05, 0) is 44.5 Å². The lowest BCUT2D eigenvalue weighted by atomic mass is 10.2. The van der Waals surface area contributed by atoms with E-state index in [2.05, 4.69) is 65.0 Å². The smallest absolute Gasteiger partial charge is 0.188 e. The van der Waals surface area contributed by atoms with Crippen LogP contribution in [0.2, 0.25) is 0 Å². The van der Waals surface area contributed by atoms with Crippen molar-refractivity contribution in [3.05, 3.63) is 53.3 Å². The van der Waals surface area contributed by atoms with Crippen molar-refractivity contribution in [3.63, 3.8) is 0 Å². The van der Waals surface area contributed by atoms with Gasteiger partial charge in [0.05, 0.1) is 5.69 Å². The Labute approximate surface area is 181 Å². The van der Waals surface area contributed by atoms with E-state index in [-0.39, 0.29) is 0 Å². The Morgan fingerprint density at radius 2 is 1.66 bits per heavy atom. The summed E-state index contributed by atoms with van der Waals surface area (Å²) in [7, 11) is 0. The van der Waals surface area contributed by atoms with Crippen molar-refractivity contribution < 1.29 is 0 Å². The molecule has 0 bridgehead atoms. The molecule has 0 unspecified atom stereocenters. The molecular formula is C24H36N4S. The molecule has 0 radical (unpaired) electrons. The number of hydrogen-bond acceptors (Lipinski definition) is 5. The van der Waals surface area contributed by atoms with Crippen LogP contribution >= 0.6 is 11.8 Å². The summed E-state index contributed by atoms with van der Waals surface area (Å²) in [6, 6.07) is 13.0. The van der Waals surface area contributed by atoms with Crippen LogP contribution in [0.3, 0.4) is 0 Å². The second kappa shape index (κ2) is 12.3. The van der Waals surface area contributed by atoms with Gasteiger partial charge in [0, 0.05) is 37.6 Å². The van der Waals surface area contributed by atoms with Crippen molar-refractivity contribution in [1.29, 1.82) is 0 Å². The van der Waals surface area contributed by atoms with E-state index in [0.717, 1.165) is 49.3 Å². The molecule has 1 aromatic carbocycles. The SMILES string of the molecule is CCCCCCSc1nc(C)cc(CN2CCCN(Cc3ccccc3)CC2)n1. The summed E-state index contributed by atoms with van der Waals surface area (Å²) in [5.41, 5.74) is 3.67. The van der Waals surface area contributed by atoms with Gasteiger partial charge in [-0.3, -0.25) is 9.80 Å². The average molecular weight is 413 g/mol. The minimum atomic E-state index is 0.936. The molecule has 1 aliphatic heterocycles. The third-order valence-corrected chi connectivity index (χ3v) is 6.37. The van der Waals surface area contributed by atoms with Crippen LogP contribution in [0.1, 0.15) is 56.0 Å². The van der Waals surface area contributed by atoms with Gasteiger partial charge in [-0.25, -0.2) is 9.97 Å². The second-order valence-electron chi connectivity index (χ2n) is 8.08. The Kier molecular flexibility index (Phi) is 9.45. The Morgan fingerprint density at radius 3 is 2.41 bits per heavy atom. The quantitative estimate of drug-likeness (QED) is 0.305. The van der Waals surface area contributed by atoms with Gasteiger partial charge in [0.1, 0.15) is 0 Å². The van der Waals surface area contributed by atoms with Crippen molar-refractivity contribution in [2.45, 2.75) is 64.2 Å². The van der Waals surface area contributed by atoms with Crippen LogP contribution in [-0.2, 0) is 13.1 Å². The molecule has 0 saturated carbocycles. The summed E-state index contributed by atoms with van der Waals surface area (Å²) in [4.78, 5) is 14.6. The Hall–Kier alpha value is -1.43. The number of unbranched alkanes of at least 4 members (excludes halogenated alkanes) is 3. The van der Waals surface area contributed by atoms with Crippen LogP contribution < -0.4 is 0 Å². The lowest BCUT2D eigenvalue weighted by Crippen LogP contribution is -2.30. The number of thioether (sulfide) groups is 1. The van der Waals surface area contributed by atoms with Crippen molar-refractivity contribution in [3.8, 4) is 0 Å². The van der Waals surface area contributed by atoms with Crippen LogP contribution in [0.25, 0.3) is 0 Å². The molecule has 158 valence electrons. The maximum atomic E-state index is 4.86. The fraction of sp³-hybridized carbons (Fsp3) is 0.583. The van der Waals surface area contributed by atoms with Crippen molar-refractivity contribution in [2.75, 3.05) is 31.9 Å². The van der Waals surface area contributed by atoms with Crippen LogP contribution in [0.4, 0.5) is 0 Å². The van der Waals surface area contributed by atoms with Crippen molar-refractivity contribution >= 4 is 11.8 Å². The molecule has 4 nitrogen and oxygen atoms in total. The second-order valence-corrected chi connectivity index (χ2v) is 9.15. The summed E-state index contributed by atoms with van der Waals surface area (Å²) < 4.78 is 0. The Bertz CT molecular complexity index is 722. The Morgan fingerprint density at radius 1 is 0.897 bits per heavy atom. The predicted octanol–water partition coefficient (Wildman–Crippen LogP) is 5.17. The largest absolute Gasteiger partial charge is 0.298 e. The van der Waals surface area contributed by atoms with Gasteiger partial charge >= 0.3 is 0 Å². The Balaban J connectivity index is 1.49. The van der Waals surface area contributed by atoms with E-state index in [9.17, 15) is 0 Å². The van der Waals surface area contributed by atoms with E-state index >= 15 is 0 Å². The first-order chi connectivity index (χ1) is 14.2. The lowest BCUT2D eigenvalue weighted by Gasteiger charge is -2.22. The molecule has 1 fully saturated rings. The minimum absolute atomic E-state index is 0.936. The lowest BCUT2D eigenvalue weighted by molar-refractivity contribution is 0.245. The van der Waals surface area contributed by atoms with Crippen LogP contribution in [0, 0.1) is 6.92 Å². The summed E-state index contributed by atoms with van der Waals surface area (Å²) >= 11 is 1.82. The zero-order valence-electron chi connectivity index (χ0n) is 18.1. The van der Waals surface area contributed by atoms with Crippen LogP contribution in [-0.4, -0.2) is 51.7 Å². The number of aryl methyl sites for hydroxylation is 1. The molecule has 1 saturated heterocycles. The third-order valence-electron chi connectivity index (χ3n) is 5.43. The molecule has 0 aliphatic carbocycles. The topological polar surface area (TPSA) is 32.3 Å². The maximum absolute atomic E-state index is 4.86. The molecule has 0 N–H and O–H groups in total. The van der Waals surface area contributed by atoms with Crippen molar-refractivity contribution in [2.24, 2.45) is 0 Å². The molecule has 0 amide bonds. The number of hydrogen-bond donors (Lipinski definition) is 0.